The molecule has 1 amide bonds. The number of carbonyl (C=O) groups excluding carboxylic acids is 1. The van der Waals surface area contributed by atoms with E-state index in [9.17, 15) is 9.18 Å². The molecule has 2 aromatic rings. The van der Waals surface area contributed by atoms with Crippen LogP contribution in [0.25, 0.3) is 0 Å². The van der Waals surface area contributed by atoms with Crippen LogP contribution < -0.4 is 5.32 Å². The van der Waals surface area contributed by atoms with Crippen molar-refractivity contribution in [3.63, 3.8) is 0 Å². The van der Waals surface area contributed by atoms with Gasteiger partial charge in [-0.1, -0.05) is 24.6 Å². The third-order valence-electron chi connectivity index (χ3n) is 5.50. The Bertz CT molecular complexity index is 719. The van der Waals surface area contributed by atoms with Gasteiger partial charge in [0, 0.05) is 29.5 Å². The molecular formula is C20H23FN2OS. The summed E-state index contributed by atoms with van der Waals surface area (Å²) in [5, 5.41) is 5.21. The second-order valence-corrected chi connectivity index (χ2v) is 8.14. The third kappa shape index (κ3) is 3.62. The molecule has 1 aromatic heterocycles. The number of amides is 1. The van der Waals surface area contributed by atoms with Crippen molar-refractivity contribution < 1.29 is 9.18 Å². The van der Waals surface area contributed by atoms with Gasteiger partial charge in [-0.2, -0.15) is 0 Å². The summed E-state index contributed by atoms with van der Waals surface area (Å²) in [6.07, 6.45) is 5.57. The maximum atomic E-state index is 13.8. The number of nitrogens with zero attached hydrogens (tertiary/aromatic N) is 1. The van der Waals surface area contributed by atoms with Crippen molar-refractivity contribution in [3.8, 4) is 0 Å². The van der Waals surface area contributed by atoms with Crippen LogP contribution in [0.2, 0.25) is 0 Å². The van der Waals surface area contributed by atoms with E-state index in [0.717, 1.165) is 19.4 Å². The molecule has 132 valence electrons. The lowest BCUT2D eigenvalue weighted by Gasteiger charge is -2.49. The Balaban J connectivity index is 1.43. The van der Waals surface area contributed by atoms with E-state index in [0.29, 0.717) is 12.1 Å². The zero-order valence-corrected chi connectivity index (χ0v) is 15.0. The minimum Gasteiger partial charge on any atom is -0.349 e. The predicted octanol–water partition coefficient (Wildman–Crippen LogP) is 4.20. The Morgan fingerprint density at radius 3 is 2.60 bits per heavy atom. The van der Waals surface area contributed by atoms with Crippen LogP contribution >= 0.6 is 11.3 Å². The SMILES string of the molecule is O=C(NC1CC2CCCC(C1)N2Cc1cccs1)c1ccccc1F. The number of carbonyl (C=O) groups is 1. The van der Waals surface area contributed by atoms with Gasteiger partial charge < -0.3 is 5.32 Å². The van der Waals surface area contributed by atoms with Gasteiger partial charge in [0.25, 0.3) is 5.91 Å². The number of halogens is 1. The molecule has 2 aliphatic heterocycles. The van der Waals surface area contributed by atoms with Gasteiger partial charge in [-0.3, -0.25) is 9.69 Å². The molecule has 2 atom stereocenters. The first-order valence-electron chi connectivity index (χ1n) is 9.04. The predicted molar refractivity (Wildman–Crippen MR) is 98.2 cm³/mol. The van der Waals surface area contributed by atoms with Gasteiger partial charge in [0.05, 0.1) is 5.56 Å². The Labute approximate surface area is 151 Å². The maximum absolute atomic E-state index is 13.8. The molecule has 0 radical (unpaired) electrons. The summed E-state index contributed by atoms with van der Waals surface area (Å²) in [5.41, 5.74) is 0.147. The Morgan fingerprint density at radius 2 is 1.92 bits per heavy atom. The van der Waals surface area contributed by atoms with E-state index in [1.165, 1.54) is 30.2 Å². The smallest absolute Gasteiger partial charge is 0.254 e. The van der Waals surface area contributed by atoms with E-state index in [2.05, 4.69) is 27.7 Å². The Hall–Kier alpha value is -1.72. The lowest BCUT2D eigenvalue weighted by atomic mass is 9.81. The molecular weight excluding hydrogens is 335 g/mol. The standard InChI is InChI=1S/C20H23FN2OS/c21-19-9-2-1-8-18(19)20(24)22-14-11-15-5-3-6-16(12-14)23(15)13-17-7-4-10-25-17/h1-2,4,7-10,14-16H,3,5-6,11-13H2,(H,22,24). The van der Waals surface area contributed by atoms with E-state index < -0.39 is 5.82 Å². The molecule has 0 saturated carbocycles. The highest BCUT2D eigenvalue weighted by Gasteiger charge is 2.38. The van der Waals surface area contributed by atoms with Gasteiger partial charge in [-0.15, -0.1) is 11.3 Å². The number of fused-ring (bicyclic) bond motifs is 2. The van der Waals surface area contributed by atoms with Crippen LogP contribution in [0.15, 0.2) is 41.8 Å². The lowest BCUT2D eigenvalue weighted by molar-refractivity contribution is 0.0184. The lowest BCUT2D eigenvalue weighted by Crippen LogP contribution is -2.56. The average molecular weight is 358 g/mol. The first-order chi connectivity index (χ1) is 12.2. The van der Waals surface area contributed by atoms with Crippen LogP contribution in [-0.4, -0.2) is 28.9 Å². The fourth-order valence-corrected chi connectivity index (χ4v) is 5.06. The van der Waals surface area contributed by atoms with E-state index in [-0.39, 0.29) is 17.5 Å². The van der Waals surface area contributed by atoms with Crippen LogP contribution in [0.5, 0.6) is 0 Å². The summed E-state index contributed by atoms with van der Waals surface area (Å²) in [4.78, 5) is 16.5. The number of benzene rings is 1. The topological polar surface area (TPSA) is 32.3 Å². The van der Waals surface area contributed by atoms with E-state index >= 15 is 0 Å². The van der Waals surface area contributed by atoms with E-state index in [1.807, 2.05) is 11.3 Å². The molecule has 1 aromatic carbocycles. The molecule has 2 unspecified atom stereocenters. The molecule has 2 saturated heterocycles. The molecule has 2 aliphatic rings. The van der Waals surface area contributed by atoms with Gasteiger partial charge in [0.1, 0.15) is 5.82 Å². The zero-order valence-electron chi connectivity index (χ0n) is 14.2. The fourth-order valence-electron chi connectivity index (χ4n) is 4.35. The molecule has 2 bridgehead atoms. The number of thiophene rings is 1. The van der Waals surface area contributed by atoms with Crippen molar-refractivity contribution in [3.05, 3.63) is 58.0 Å². The van der Waals surface area contributed by atoms with Crippen molar-refractivity contribution in [2.24, 2.45) is 0 Å². The number of rotatable bonds is 4. The Morgan fingerprint density at radius 1 is 1.16 bits per heavy atom. The highest BCUT2D eigenvalue weighted by Crippen LogP contribution is 2.35. The molecule has 0 spiro atoms. The first kappa shape index (κ1) is 16.7. The molecule has 2 fully saturated rings. The minimum atomic E-state index is -0.449. The molecule has 4 rings (SSSR count). The summed E-state index contributed by atoms with van der Waals surface area (Å²) < 4.78 is 13.8. The molecule has 5 heteroatoms. The molecule has 1 N–H and O–H groups in total. The van der Waals surface area contributed by atoms with Crippen molar-refractivity contribution >= 4 is 17.2 Å². The van der Waals surface area contributed by atoms with Crippen molar-refractivity contribution in [1.29, 1.82) is 0 Å². The first-order valence-corrected chi connectivity index (χ1v) is 9.92. The Kier molecular flexibility index (Phi) is 4.86. The quantitative estimate of drug-likeness (QED) is 0.888. The third-order valence-corrected chi connectivity index (χ3v) is 6.36. The summed E-state index contributed by atoms with van der Waals surface area (Å²) in [6.45, 7) is 1.01. The number of hydrogen-bond acceptors (Lipinski definition) is 3. The zero-order chi connectivity index (χ0) is 17.2. The van der Waals surface area contributed by atoms with Crippen LogP contribution in [0.4, 0.5) is 4.39 Å². The number of piperidine rings is 2. The van der Waals surface area contributed by atoms with Gasteiger partial charge >= 0.3 is 0 Å². The van der Waals surface area contributed by atoms with Crippen molar-refractivity contribution in [2.45, 2.75) is 56.8 Å². The fraction of sp³-hybridized carbons (Fsp3) is 0.450. The van der Waals surface area contributed by atoms with Crippen molar-refractivity contribution in [1.82, 2.24) is 10.2 Å². The largest absolute Gasteiger partial charge is 0.349 e. The number of nitrogens with one attached hydrogen (secondary N) is 1. The van der Waals surface area contributed by atoms with Crippen LogP contribution in [0, 0.1) is 5.82 Å². The van der Waals surface area contributed by atoms with Crippen LogP contribution in [-0.2, 0) is 6.54 Å². The highest BCUT2D eigenvalue weighted by atomic mass is 32.1. The number of hydrogen-bond donors (Lipinski definition) is 1. The maximum Gasteiger partial charge on any atom is 0.254 e. The molecule has 0 aliphatic carbocycles. The monoisotopic (exact) mass is 358 g/mol. The molecule has 3 nitrogen and oxygen atoms in total. The van der Waals surface area contributed by atoms with Crippen molar-refractivity contribution in [2.75, 3.05) is 0 Å². The second kappa shape index (κ2) is 7.26. The van der Waals surface area contributed by atoms with Gasteiger partial charge in [-0.05, 0) is 49.3 Å². The summed E-state index contributed by atoms with van der Waals surface area (Å²) >= 11 is 1.81. The molecule has 3 heterocycles. The van der Waals surface area contributed by atoms with Gasteiger partial charge in [0.15, 0.2) is 0 Å². The highest BCUT2D eigenvalue weighted by molar-refractivity contribution is 7.09. The molecule has 25 heavy (non-hydrogen) atoms. The normalized spacial score (nSPS) is 26.4. The second-order valence-electron chi connectivity index (χ2n) is 7.11. The van der Waals surface area contributed by atoms with Crippen LogP contribution in [0.1, 0.15) is 47.3 Å². The summed E-state index contributed by atoms with van der Waals surface area (Å²) in [7, 11) is 0. The summed E-state index contributed by atoms with van der Waals surface area (Å²) in [6, 6.07) is 11.7. The van der Waals surface area contributed by atoms with Gasteiger partial charge in [0.2, 0.25) is 0 Å². The average Bonchev–Trinajstić information content (AvgIpc) is 3.09. The summed E-state index contributed by atoms with van der Waals surface area (Å²) in [5.74, 6) is -0.733. The minimum absolute atomic E-state index is 0.141. The van der Waals surface area contributed by atoms with Gasteiger partial charge in [-0.25, -0.2) is 4.39 Å². The van der Waals surface area contributed by atoms with E-state index in [4.69, 9.17) is 0 Å². The van der Waals surface area contributed by atoms with Crippen LogP contribution in [0.3, 0.4) is 0 Å². The van der Waals surface area contributed by atoms with E-state index in [1.54, 1.807) is 18.2 Å².